The van der Waals surface area contributed by atoms with Crippen molar-refractivity contribution in [3.05, 3.63) is 59.6 Å². The van der Waals surface area contributed by atoms with E-state index in [1.165, 1.54) is 7.11 Å². The number of carbonyl (C=O) groups is 1. The Hall–Kier alpha value is -2.20. The Morgan fingerprint density at radius 3 is 2.33 bits per heavy atom. The molecular weight excluding hydrogens is 292 g/mol. The van der Waals surface area contributed by atoms with Crippen LogP contribution in [0.15, 0.2) is 54.6 Å². The van der Waals surface area contributed by atoms with Gasteiger partial charge in [-0.3, -0.25) is 0 Å². The van der Waals surface area contributed by atoms with E-state index < -0.39 is 12.1 Å². The van der Waals surface area contributed by atoms with Gasteiger partial charge in [0.2, 0.25) is 6.10 Å². The van der Waals surface area contributed by atoms with Crippen LogP contribution in [0.3, 0.4) is 0 Å². The highest BCUT2D eigenvalue weighted by Crippen LogP contribution is 2.17. The molecule has 1 atom stereocenters. The fourth-order valence-corrected chi connectivity index (χ4v) is 1.77. The molecule has 0 saturated carbocycles. The van der Waals surface area contributed by atoms with Crippen molar-refractivity contribution in [2.75, 3.05) is 13.7 Å². The van der Waals surface area contributed by atoms with Gasteiger partial charge in [-0.05, 0) is 36.4 Å². The van der Waals surface area contributed by atoms with Gasteiger partial charge in [0, 0.05) is 5.02 Å². The van der Waals surface area contributed by atoms with Gasteiger partial charge < -0.3 is 14.2 Å². The van der Waals surface area contributed by atoms with Crippen molar-refractivity contribution in [3.8, 4) is 11.5 Å². The summed E-state index contributed by atoms with van der Waals surface area (Å²) in [7, 11) is 1.31. The topological polar surface area (TPSA) is 44.8 Å². The predicted molar refractivity (Wildman–Crippen MR) is 79.8 cm³/mol. The molecule has 2 aromatic rings. The number of benzene rings is 2. The van der Waals surface area contributed by atoms with Gasteiger partial charge in [-0.15, -0.1) is 0 Å². The van der Waals surface area contributed by atoms with E-state index in [-0.39, 0.29) is 6.61 Å². The first kappa shape index (κ1) is 15.2. The second kappa shape index (κ2) is 7.55. The lowest BCUT2D eigenvalue weighted by atomic mass is 10.3. The van der Waals surface area contributed by atoms with Gasteiger partial charge in [-0.25, -0.2) is 4.79 Å². The van der Waals surface area contributed by atoms with Gasteiger partial charge in [0.05, 0.1) is 7.11 Å². The molecule has 0 aliphatic carbocycles. The molecular formula is C16H15ClO4. The number of para-hydroxylation sites is 1. The molecule has 0 spiro atoms. The molecule has 2 aromatic carbocycles. The summed E-state index contributed by atoms with van der Waals surface area (Å²) in [4.78, 5) is 11.7. The molecule has 0 saturated heterocycles. The normalized spacial score (nSPS) is 11.5. The lowest BCUT2D eigenvalue weighted by Gasteiger charge is -2.17. The summed E-state index contributed by atoms with van der Waals surface area (Å²) in [6.07, 6.45) is -0.840. The van der Waals surface area contributed by atoms with Gasteiger partial charge in [0.25, 0.3) is 0 Å². The second-order valence-corrected chi connectivity index (χ2v) is 4.64. The van der Waals surface area contributed by atoms with Gasteiger partial charge in [-0.1, -0.05) is 29.8 Å². The number of halogens is 1. The van der Waals surface area contributed by atoms with Crippen molar-refractivity contribution in [3.63, 3.8) is 0 Å². The SMILES string of the molecule is COC(=O)C(COc1ccc(Cl)cc1)Oc1ccccc1. The first-order chi connectivity index (χ1) is 10.2. The van der Waals surface area contributed by atoms with Crippen LogP contribution in [0.2, 0.25) is 5.02 Å². The van der Waals surface area contributed by atoms with Crippen molar-refractivity contribution in [2.24, 2.45) is 0 Å². The molecule has 110 valence electrons. The minimum atomic E-state index is -0.840. The highest BCUT2D eigenvalue weighted by atomic mass is 35.5. The molecule has 0 bridgehead atoms. The first-order valence-corrected chi connectivity index (χ1v) is 6.75. The van der Waals surface area contributed by atoms with Gasteiger partial charge in [0.15, 0.2) is 0 Å². The predicted octanol–water partition coefficient (Wildman–Crippen LogP) is 3.34. The number of esters is 1. The highest BCUT2D eigenvalue weighted by Gasteiger charge is 2.22. The van der Waals surface area contributed by atoms with Crippen LogP contribution in [-0.2, 0) is 9.53 Å². The van der Waals surface area contributed by atoms with Crippen molar-refractivity contribution < 1.29 is 19.0 Å². The zero-order chi connectivity index (χ0) is 15.1. The summed E-state index contributed by atoms with van der Waals surface area (Å²) in [5, 5.41) is 0.618. The van der Waals surface area contributed by atoms with Crippen LogP contribution in [-0.4, -0.2) is 25.8 Å². The van der Waals surface area contributed by atoms with Crippen LogP contribution in [0.1, 0.15) is 0 Å². The van der Waals surface area contributed by atoms with Crippen LogP contribution in [0, 0.1) is 0 Å². The Morgan fingerprint density at radius 1 is 1.05 bits per heavy atom. The molecule has 0 aliphatic heterocycles. The third kappa shape index (κ3) is 4.68. The summed E-state index contributed by atoms with van der Waals surface area (Å²) >= 11 is 5.80. The number of rotatable bonds is 6. The van der Waals surface area contributed by atoms with E-state index in [1.807, 2.05) is 18.2 Å². The zero-order valence-corrected chi connectivity index (χ0v) is 12.2. The molecule has 0 fully saturated rings. The van der Waals surface area contributed by atoms with Crippen molar-refractivity contribution >= 4 is 17.6 Å². The molecule has 0 heterocycles. The van der Waals surface area contributed by atoms with Gasteiger partial charge in [0.1, 0.15) is 18.1 Å². The van der Waals surface area contributed by atoms with E-state index in [0.717, 1.165) is 0 Å². The third-order valence-electron chi connectivity index (χ3n) is 2.70. The van der Waals surface area contributed by atoms with Crippen LogP contribution in [0.25, 0.3) is 0 Å². The minimum Gasteiger partial charge on any atom is -0.489 e. The Balaban J connectivity index is 1.99. The summed E-state index contributed by atoms with van der Waals surface area (Å²) in [5.74, 6) is 0.686. The number of hydrogen-bond acceptors (Lipinski definition) is 4. The van der Waals surface area contributed by atoms with Crippen molar-refractivity contribution in [1.82, 2.24) is 0 Å². The van der Waals surface area contributed by atoms with E-state index in [2.05, 4.69) is 0 Å². The molecule has 4 nitrogen and oxygen atoms in total. The van der Waals surface area contributed by atoms with E-state index in [1.54, 1.807) is 36.4 Å². The lowest BCUT2D eigenvalue weighted by Crippen LogP contribution is -2.34. The fourth-order valence-electron chi connectivity index (χ4n) is 1.65. The summed E-state index contributed by atoms with van der Waals surface area (Å²) < 4.78 is 15.8. The van der Waals surface area contributed by atoms with Gasteiger partial charge >= 0.3 is 5.97 Å². The Bertz CT molecular complexity index is 569. The summed E-state index contributed by atoms with van der Waals surface area (Å²) in [6.45, 7) is 0.0448. The molecule has 0 radical (unpaired) electrons. The second-order valence-electron chi connectivity index (χ2n) is 4.21. The van der Waals surface area contributed by atoms with Crippen LogP contribution >= 0.6 is 11.6 Å². The third-order valence-corrected chi connectivity index (χ3v) is 2.95. The molecule has 1 unspecified atom stereocenters. The van der Waals surface area contributed by atoms with Crippen LogP contribution in [0.5, 0.6) is 11.5 Å². The molecule has 0 N–H and O–H groups in total. The average Bonchev–Trinajstić information content (AvgIpc) is 2.53. The molecule has 21 heavy (non-hydrogen) atoms. The first-order valence-electron chi connectivity index (χ1n) is 6.37. The van der Waals surface area contributed by atoms with E-state index >= 15 is 0 Å². The van der Waals surface area contributed by atoms with Crippen LogP contribution < -0.4 is 9.47 Å². The Kier molecular flexibility index (Phi) is 5.46. The molecule has 0 aromatic heterocycles. The smallest absolute Gasteiger partial charge is 0.350 e. The Morgan fingerprint density at radius 2 is 1.71 bits per heavy atom. The number of carbonyl (C=O) groups excluding carboxylic acids is 1. The van der Waals surface area contributed by atoms with Crippen molar-refractivity contribution in [1.29, 1.82) is 0 Å². The fraction of sp³-hybridized carbons (Fsp3) is 0.188. The van der Waals surface area contributed by atoms with Crippen molar-refractivity contribution in [2.45, 2.75) is 6.10 Å². The monoisotopic (exact) mass is 306 g/mol. The maximum atomic E-state index is 11.7. The maximum Gasteiger partial charge on any atom is 0.350 e. The van der Waals surface area contributed by atoms with Gasteiger partial charge in [-0.2, -0.15) is 0 Å². The summed E-state index contributed by atoms with van der Waals surface area (Å²) in [6, 6.07) is 15.9. The number of ether oxygens (including phenoxy) is 3. The lowest BCUT2D eigenvalue weighted by molar-refractivity contribution is -0.150. The van der Waals surface area contributed by atoms with E-state index in [9.17, 15) is 4.79 Å². The number of hydrogen-bond donors (Lipinski definition) is 0. The average molecular weight is 307 g/mol. The zero-order valence-electron chi connectivity index (χ0n) is 11.5. The largest absolute Gasteiger partial charge is 0.489 e. The quantitative estimate of drug-likeness (QED) is 0.768. The minimum absolute atomic E-state index is 0.0448. The summed E-state index contributed by atoms with van der Waals surface area (Å²) in [5.41, 5.74) is 0. The maximum absolute atomic E-state index is 11.7. The molecule has 0 amide bonds. The molecule has 2 rings (SSSR count). The van der Waals surface area contributed by atoms with Crippen LogP contribution in [0.4, 0.5) is 0 Å². The molecule has 5 heteroatoms. The number of methoxy groups -OCH3 is 1. The Labute approximate surface area is 128 Å². The highest BCUT2D eigenvalue weighted by molar-refractivity contribution is 6.30. The molecule has 0 aliphatic rings. The van der Waals surface area contributed by atoms with E-state index in [0.29, 0.717) is 16.5 Å². The van der Waals surface area contributed by atoms with E-state index in [4.69, 9.17) is 25.8 Å². The standard InChI is InChI=1S/C16H15ClO4/c1-19-16(18)15(21-14-5-3-2-4-6-14)11-20-13-9-7-12(17)8-10-13/h2-10,15H,11H2,1H3.